The standard InChI is InChI=1S/C6H12N2O.HI/c7-6(9)4-5-2-1-3-8-5;/h5,8H,1-4H2,(H2,7,9);1H. The largest absolute Gasteiger partial charge is 1.00 e. The molecular weight excluding hydrogens is 243 g/mol. The first-order valence-corrected chi connectivity index (χ1v) is 3.40. The van der Waals surface area contributed by atoms with Gasteiger partial charge in [0.2, 0.25) is 5.91 Å². The van der Waals surface area contributed by atoms with Gasteiger partial charge in [-0.2, -0.15) is 0 Å². The van der Waals surface area contributed by atoms with Crippen LogP contribution in [-0.4, -0.2) is 18.5 Å². The second-order valence-electron chi connectivity index (χ2n) is 2.60. The third-order valence-corrected chi connectivity index (χ3v) is 1.74. The number of hydrogen-bond donors (Lipinski definition) is 2. The molecule has 0 spiro atoms. The van der Waals surface area contributed by atoms with Crippen LogP contribution in [0, 0.1) is 0 Å². The lowest BCUT2D eigenvalue weighted by atomic mass is 10.1. The van der Waals surface area contributed by atoms with E-state index >= 15 is 0 Å². The number of carbonyl (C=O) groups is 1. The van der Waals surface area contributed by atoms with Crippen molar-refractivity contribution in [3.63, 3.8) is 0 Å². The molecule has 3 nitrogen and oxygen atoms in total. The Morgan fingerprint density at radius 3 is 2.80 bits per heavy atom. The molecule has 60 valence electrons. The molecule has 1 fully saturated rings. The topological polar surface area (TPSA) is 59.7 Å². The molecule has 0 aromatic carbocycles. The van der Waals surface area contributed by atoms with E-state index in [0.717, 1.165) is 13.0 Å². The fourth-order valence-electron chi connectivity index (χ4n) is 1.30. The maximum atomic E-state index is 10.4. The molecule has 0 radical (unpaired) electrons. The Morgan fingerprint density at radius 2 is 2.40 bits per heavy atom. The van der Waals surface area contributed by atoms with E-state index in [9.17, 15) is 4.79 Å². The van der Waals surface area contributed by atoms with Gasteiger partial charge < -0.3 is 35.0 Å². The molecule has 1 amide bonds. The van der Waals surface area contributed by atoms with E-state index < -0.39 is 0 Å². The summed E-state index contributed by atoms with van der Waals surface area (Å²) in [7, 11) is 0. The normalized spacial score (nSPS) is 23.8. The smallest absolute Gasteiger partial charge is 0.223 e. The number of hydrogen-bond acceptors (Lipinski definition) is 1. The number of halogens is 1. The maximum Gasteiger partial charge on any atom is 0.223 e. The van der Waals surface area contributed by atoms with Gasteiger partial charge >= 0.3 is 0 Å². The van der Waals surface area contributed by atoms with Gasteiger partial charge in [0.1, 0.15) is 0 Å². The quantitative estimate of drug-likeness (QED) is 0.481. The first kappa shape index (κ1) is 10.2. The highest BCUT2D eigenvalue weighted by Crippen LogP contribution is 1.99. The summed E-state index contributed by atoms with van der Waals surface area (Å²) in [6.07, 6.45) is 2.95. The minimum Gasteiger partial charge on any atom is -1.00 e. The summed E-state index contributed by atoms with van der Waals surface area (Å²) in [5.74, 6) is -0.168. The van der Waals surface area contributed by atoms with Crippen LogP contribution in [0.25, 0.3) is 0 Å². The average Bonchev–Trinajstić information content (AvgIpc) is 2.15. The third kappa shape index (κ3) is 3.36. The number of quaternary nitrogens is 1. The van der Waals surface area contributed by atoms with Crippen LogP contribution in [0.1, 0.15) is 19.3 Å². The van der Waals surface area contributed by atoms with Gasteiger partial charge in [-0.3, -0.25) is 4.79 Å². The van der Waals surface area contributed by atoms with E-state index in [4.69, 9.17) is 5.73 Å². The van der Waals surface area contributed by atoms with Crippen molar-refractivity contribution >= 4 is 5.91 Å². The lowest BCUT2D eigenvalue weighted by Crippen LogP contribution is -3.00. The maximum absolute atomic E-state index is 10.4. The van der Waals surface area contributed by atoms with Crippen molar-refractivity contribution in [1.29, 1.82) is 0 Å². The molecule has 10 heavy (non-hydrogen) atoms. The Bertz CT molecular complexity index is 112. The van der Waals surface area contributed by atoms with Crippen molar-refractivity contribution in [2.24, 2.45) is 5.73 Å². The van der Waals surface area contributed by atoms with Crippen LogP contribution in [0.4, 0.5) is 0 Å². The monoisotopic (exact) mass is 256 g/mol. The van der Waals surface area contributed by atoms with Crippen LogP contribution in [0.15, 0.2) is 0 Å². The van der Waals surface area contributed by atoms with Gasteiger partial charge in [-0.05, 0) is 0 Å². The number of amides is 1. The molecule has 0 saturated carbocycles. The van der Waals surface area contributed by atoms with E-state index in [0.29, 0.717) is 12.5 Å². The molecule has 1 aliphatic heterocycles. The number of rotatable bonds is 2. The van der Waals surface area contributed by atoms with Crippen molar-refractivity contribution in [3.8, 4) is 0 Å². The van der Waals surface area contributed by atoms with Crippen LogP contribution >= 0.6 is 0 Å². The zero-order valence-electron chi connectivity index (χ0n) is 5.85. The van der Waals surface area contributed by atoms with Gasteiger partial charge in [0, 0.05) is 12.8 Å². The van der Waals surface area contributed by atoms with Crippen LogP contribution < -0.4 is 35.0 Å². The zero-order valence-corrected chi connectivity index (χ0v) is 8.00. The summed E-state index contributed by atoms with van der Waals surface area (Å²) in [5, 5.41) is 2.20. The molecule has 0 bridgehead atoms. The van der Waals surface area contributed by atoms with E-state index in [2.05, 4.69) is 5.32 Å². The summed E-state index contributed by atoms with van der Waals surface area (Å²) < 4.78 is 0. The van der Waals surface area contributed by atoms with E-state index in [1.165, 1.54) is 6.42 Å². The lowest BCUT2D eigenvalue weighted by molar-refractivity contribution is -0.668. The summed E-state index contributed by atoms with van der Waals surface area (Å²) >= 11 is 0. The molecule has 1 aliphatic rings. The molecule has 0 aliphatic carbocycles. The zero-order chi connectivity index (χ0) is 6.69. The Kier molecular flexibility index (Phi) is 4.98. The van der Waals surface area contributed by atoms with E-state index in [1.54, 1.807) is 0 Å². The van der Waals surface area contributed by atoms with Crippen LogP contribution in [-0.2, 0) is 4.79 Å². The number of primary amides is 1. The third-order valence-electron chi connectivity index (χ3n) is 1.74. The van der Waals surface area contributed by atoms with E-state index in [-0.39, 0.29) is 29.9 Å². The van der Waals surface area contributed by atoms with Gasteiger partial charge in [0.25, 0.3) is 0 Å². The second kappa shape index (κ2) is 4.90. The minimum absolute atomic E-state index is 0. The fourth-order valence-corrected chi connectivity index (χ4v) is 1.30. The van der Waals surface area contributed by atoms with Gasteiger partial charge in [-0.15, -0.1) is 0 Å². The highest BCUT2D eigenvalue weighted by molar-refractivity contribution is 5.74. The first-order chi connectivity index (χ1) is 4.29. The lowest BCUT2D eigenvalue weighted by Gasteiger charge is -2.01. The Hall–Kier alpha value is 0.160. The molecule has 0 aromatic heterocycles. The second-order valence-corrected chi connectivity index (χ2v) is 2.60. The molecule has 1 heterocycles. The van der Waals surface area contributed by atoms with Gasteiger partial charge in [0.15, 0.2) is 0 Å². The summed E-state index contributed by atoms with van der Waals surface area (Å²) in [5.41, 5.74) is 5.01. The van der Waals surface area contributed by atoms with Crippen LogP contribution in [0.3, 0.4) is 0 Å². The molecule has 4 N–H and O–H groups in total. The van der Waals surface area contributed by atoms with Crippen LogP contribution in [0.2, 0.25) is 0 Å². The Morgan fingerprint density at radius 1 is 1.70 bits per heavy atom. The Labute approximate surface area is 77.8 Å². The number of carbonyl (C=O) groups excluding carboxylic acids is 1. The molecular formula is C6H13IN2O. The van der Waals surface area contributed by atoms with Gasteiger partial charge in [-0.1, -0.05) is 0 Å². The Balaban J connectivity index is 0.000000810. The summed E-state index contributed by atoms with van der Waals surface area (Å²) in [6, 6.07) is 0.488. The van der Waals surface area contributed by atoms with Crippen molar-refractivity contribution in [2.75, 3.05) is 6.54 Å². The minimum atomic E-state index is -0.168. The highest BCUT2D eigenvalue weighted by Gasteiger charge is 2.19. The van der Waals surface area contributed by atoms with Crippen LogP contribution in [0.5, 0.6) is 0 Å². The highest BCUT2D eigenvalue weighted by atomic mass is 127. The molecule has 1 saturated heterocycles. The van der Waals surface area contributed by atoms with Crippen molar-refractivity contribution in [1.82, 2.24) is 0 Å². The summed E-state index contributed by atoms with van der Waals surface area (Å²) in [6.45, 7) is 1.16. The fraction of sp³-hybridized carbons (Fsp3) is 0.833. The van der Waals surface area contributed by atoms with Crippen molar-refractivity contribution in [3.05, 3.63) is 0 Å². The van der Waals surface area contributed by atoms with Gasteiger partial charge in [0.05, 0.1) is 19.0 Å². The predicted octanol–water partition coefficient (Wildman–Crippen LogP) is -4.41. The number of nitrogens with two attached hydrogens (primary N) is 2. The summed E-state index contributed by atoms with van der Waals surface area (Å²) in [4.78, 5) is 10.4. The van der Waals surface area contributed by atoms with Gasteiger partial charge in [-0.25, -0.2) is 0 Å². The average molecular weight is 256 g/mol. The van der Waals surface area contributed by atoms with Crippen molar-refractivity contribution in [2.45, 2.75) is 25.3 Å². The first-order valence-electron chi connectivity index (χ1n) is 3.40. The molecule has 1 atom stereocenters. The molecule has 1 rings (SSSR count). The predicted molar refractivity (Wildman–Crippen MR) is 33.6 cm³/mol. The molecule has 4 heteroatoms. The molecule has 1 unspecified atom stereocenters. The van der Waals surface area contributed by atoms with Crippen molar-refractivity contribution < 1.29 is 34.1 Å². The van der Waals surface area contributed by atoms with E-state index in [1.807, 2.05) is 0 Å². The SMILES string of the molecule is NC(=O)CC1CCC[NH2+]1.[I-]. The molecule has 0 aromatic rings.